The Morgan fingerprint density at radius 1 is 1.25 bits per heavy atom. The Hall–Kier alpha value is -1.68. The highest BCUT2D eigenvalue weighted by Crippen LogP contribution is 2.21. The average molecular weight is 414 g/mol. The van der Waals surface area contributed by atoms with Gasteiger partial charge in [-0.1, -0.05) is 30.3 Å². The van der Waals surface area contributed by atoms with E-state index in [2.05, 4.69) is 15.4 Å². The number of carbonyl (C=O) groups excluding carboxylic acids is 1. The second-order valence-electron chi connectivity index (χ2n) is 7.36. The van der Waals surface area contributed by atoms with Crippen LogP contribution in [0.2, 0.25) is 0 Å². The van der Waals surface area contributed by atoms with Crippen molar-refractivity contribution in [2.24, 2.45) is 0 Å². The van der Waals surface area contributed by atoms with E-state index in [4.69, 9.17) is 4.74 Å². The first-order valence-electron chi connectivity index (χ1n) is 9.63. The number of benzene rings is 1. The van der Waals surface area contributed by atoms with Gasteiger partial charge in [0.2, 0.25) is 10.0 Å². The molecule has 0 spiro atoms. The molecule has 28 heavy (non-hydrogen) atoms. The maximum Gasteiger partial charge on any atom is 0.315 e. The Morgan fingerprint density at radius 2 is 1.96 bits per heavy atom. The molecule has 0 bridgehead atoms. The summed E-state index contributed by atoms with van der Waals surface area (Å²) in [5, 5.41) is 15.2. The molecular weight excluding hydrogens is 382 g/mol. The summed E-state index contributed by atoms with van der Waals surface area (Å²) in [4.78, 5) is 11.9. The van der Waals surface area contributed by atoms with E-state index in [1.165, 1.54) is 0 Å². The van der Waals surface area contributed by atoms with Crippen LogP contribution in [0, 0.1) is 0 Å². The second kappa shape index (κ2) is 10.8. The maximum atomic E-state index is 12.2. The van der Waals surface area contributed by atoms with Crippen LogP contribution in [0.1, 0.15) is 38.7 Å². The summed E-state index contributed by atoms with van der Waals surface area (Å²) in [5.41, 5.74) is 0.734. The van der Waals surface area contributed by atoms with Gasteiger partial charge in [0.25, 0.3) is 0 Å². The molecule has 1 fully saturated rings. The lowest BCUT2D eigenvalue weighted by atomic mass is 9.97. The van der Waals surface area contributed by atoms with Gasteiger partial charge in [0.1, 0.15) is 6.10 Å². The van der Waals surface area contributed by atoms with Crippen LogP contribution in [0.5, 0.6) is 0 Å². The Balaban J connectivity index is 1.76. The highest BCUT2D eigenvalue weighted by Gasteiger charge is 2.32. The molecular formula is C19H31N3O5S. The van der Waals surface area contributed by atoms with Crippen LogP contribution < -0.4 is 15.4 Å². The van der Waals surface area contributed by atoms with E-state index in [1.54, 1.807) is 12.1 Å². The molecule has 1 saturated heterocycles. The molecule has 2 rings (SSSR count). The predicted octanol–water partition coefficient (Wildman–Crippen LogP) is 1.11. The van der Waals surface area contributed by atoms with Crippen molar-refractivity contribution in [2.75, 3.05) is 13.2 Å². The highest BCUT2D eigenvalue weighted by atomic mass is 32.2. The van der Waals surface area contributed by atoms with Crippen molar-refractivity contribution in [1.29, 1.82) is 0 Å². The van der Waals surface area contributed by atoms with E-state index in [0.29, 0.717) is 19.3 Å². The van der Waals surface area contributed by atoms with Gasteiger partial charge in [-0.3, -0.25) is 0 Å². The zero-order valence-electron chi connectivity index (χ0n) is 16.4. The number of aliphatic hydroxyl groups excluding tert-OH is 1. The van der Waals surface area contributed by atoms with Crippen molar-refractivity contribution >= 4 is 16.1 Å². The molecule has 0 saturated carbocycles. The fraction of sp³-hybridized carbons (Fsp3) is 0.632. The van der Waals surface area contributed by atoms with Crippen LogP contribution in [0.3, 0.4) is 0 Å². The van der Waals surface area contributed by atoms with Crippen LogP contribution in [-0.4, -0.2) is 57.0 Å². The third kappa shape index (κ3) is 7.75. The molecule has 0 aliphatic carbocycles. The lowest BCUT2D eigenvalue weighted by Gasteiger charge is -2.36. The zero-order chi connectivity index (χ0) is 20.6. The number of sulfonamides is 1. The van der Waals surface area contributed by atoms with Crippen LogP contribution in [0.25, 0.3) is 0 Å². The number of aliphatic hydroxyl groups is 1. The minimum Gasteiger partial charge on any atom is -0.394 e. The number of hydrogen-bond acceptors (Lipinski definition) is 5. The van der Waals surface area contributed by atoms with E-state index in [-0.39, 0.29) is 43.1 Å². The number of amides is 2. The van der Waals surface area contributed by atoms with Crippen molar-refractivity contribution in [1.82, 2.24) is 15.4 Å². The smallest absolute Gasteiger partial charge is 0.315 e. The van der Waals surface area contributed by atoms with Crippen molar-refractivity contribution in [3.63, 3.8) is 0 Å². The van der Waals surface area contributed by atoms with Gasteiger partial charge >= 0.3 is 6.03 Å². The zero-order valence-corrected chi connectivity index (χ0v) is 17.2. The Bertz CT molecular complexity index is 712. The van der Waals surface area contributed by atoms with Gasteiger partial charge in [-0.05, 0) is 38.7 Å². The summed E-state index contributed by atoms with van der Waals surface area (Å²) in [5.74, 6) is -0.0599. The second-order valence-corrected chi connectivity index (χ2v) is 9.17. The van der Waals surface area contributed by atoms with E-state index >= 15 is 0 Å². The SMILES string of the molecule is CC(C)NC(=O)N[C@@H]1CC[C@H](CCNS(=O)(=O)Cc2ccccc2)O[C@@H]1CO. The van der Waals surface area contributed by atoms with Crippen LogP contribution in [0.15, 0.2) is 30.3 Å². The lowest BCUT2D eigenvalue weighted by molar-refractivity contribution is -0.0886. The Kier molecular flexibility index (Phi) is 8.68. The quantitative estimate of drug-likeness (QED) is 0.484. The Labute approximate surface area is 167 Å². The molecule has 1 aliphatic rings. The van der Waals surface area contributed by atoms with Crippen molar-refractivity contribution in [3.05, 3.63) is 35.9 Å². The van der Waals surface area contributed by atoms with Crippen molar-refractivity contribution in [2.45, 2.75) is 63.2 Å². The van der Waals surface area contributed by atoms with Gasteiger partial charge in [-0.2, -0.15) is 0 Å². The standard InChI is InChI=1S/C19H31N3O5S/c1-14(2)21-19(24)22-17-9-8-16(27-18(17)12-23)10-11-20-28(25,26)13-15-6-4-3-5-7-15/h3-7,14,16-18,20,23H,8-13H2,1-2H3,(H2,21,22,24)/t16-,17-,18-/m1/s1. The minimum atomic E-state index is -3.41. The first kappa shape index (κ1) is 22.6. The fourth-order valence-corrected chi connectivity index (χ4v) is 4.36. The summed E-state index contributed by atoms with van der Waals surface area (Å²) >= 11 is 0. The number of ether oxygens (including phenoxy) is 1. The third-order valence-corrected chi connectivity index (χ3v) is 5.88. The summed E-state index contributed by atoms with van der Waals surface area (Å²) in [7, 11) is -3.41. The first-order valence-corrected chi connectivity index (χ1v) is 11.3. The molecule has 2 amide bonds. The molecule has 1 aromatic rings. The molecule has 4 N–H and O–H groups in total. The minimum absolute atomic E-state index is 0.0220. The number of nitrogens with one attached hydrogen (secondary N) is 3. The predicted molar refractivity (Wildman–Crippen MR) is 107 cm³/mol. The van der Waals surface area contributed by atoms with Gasteiger partial charge in [0.15, 0.2) is 0 Å². The molecule has 1 aliphatic heterocycles. The molecule has 0 unspecified atom stereocenters. The highest BCUT2D eigenvalue weighted by molar-refractivity contribution is 7.88. The van der Waals surface area contributed by atoms with Gasteiger partial charge < -0.3 is 20.5 Å². The van der Waals surface area contributed by atoms with Gasteiger partial charge in [0.05, 0.1) is 24.5 Å². The van der Waals surface area contributed by atoms with E-state index in [1.807, 2.05) is 32.0 Å². The third-order valence-electron chi connectivity index (χ3n) is 4.52. The summed E-state index contributed by atoms with van der Waals surface area (Å²) < 4.78 is 32.8. The molecule has 158 valence electrons. The van der Waals surface area contributed by atoms with Crippen molar-refractivity contribution < 1.29 is 23.1 Å². The normalized spacial score (nSPS) is 22.8. The number of rotatable bonds is 9. The first-order chi connectivity index (χ1) is 13.3. The summed E-state index contributed by atoms with van der Waals surface area (Å²) in [6.45, 7) is 3.80. The largest absolute Gasteiger partial charge is 0.394 e. The van der Waals surface area contributed by atoms with E-state index in [0.717, 1.165) is 5.56 Å². The number of carbonyl (C=O) groups is 1. The maximum absolute atomic E-state index is 12.2. The molecule has 1 aromatic carbocycles. The summed E-state index contributed by atoms with van der Waals surface area (Å²) in [6.07, 6.45) is 1.19. The van der Waals surface area contributed by atoms with Crippen LogP contribution in [0.4, 0.5) is 4.79 Å². The molecule has 8 nitrogen and oxygen atoms in total. The van der Waals surface area contributed by atoms with Crippen molar-refractivity contribution in [3.8, 4) is 0 Å². The van der Waals surface area contributed by atoms with Gasteiger partial charge in [-0.15, -0.1) is 0 Å². The molecule has 0 radical (unpaired) electrons. The van der Waals surface area contributed by atoms with Crippen LogP contribution >= 0.6 is 0 Å². The molecule has 0 aromatic heterocycles. The van der Waals surface area contributed by atoms with Crippen LogP contribution in [-0.2, 0) is 20.5 Å². The van der Waals surface area contributed by atoms with Gasteiger partial charge in [-0.25, -0.2) is 17.9 Å². The molecule has 1 heterocycles. The summed E-state index contributed by atoms with van der Waals surface area (Å²) in [6, 6.07) is 8.48. The number of urea groups is 1. The monoisotopic (exact) mass is 413 g/mol. The topological polar surface area (TPSA) is 117 Å². The van der Waals surface area contributed by atoms with E-state index in [9.17, 15) is 18.3 Å². The van der Waals surface area contributed by atoms with Gasteiger partial charge in [0, 0.05) is 12.6 Å². The molecule has 9 heteroatoms. The van der Waals surface area contributed by atoms with E-state index < -0.39 is 16.1 Å². The Morgan fingerprint density at radius 3 is 2.61 bits per heavy atom. The molecule has 3 atom stereocenters. The number of hydrogen-bond donors (Lipinski definition) is 4. The lowest BCUT2D eigenvalue weighted by Crippen LogP contribution is -2.54. The average Bonchev–Trinajstić information content (AvgIpc) is 2.62. The fourth-order valence-electron chi connectivity index (χ4n) is 3.20.